The number of thiazole rings is 1. The topological polar surface area (TPSA) is 62.7 Å². The summed E-state index contributed by atoms with van der Waals surface area (Å²) in [5.41, 5.74) is 1.93. The molecule has 1 N–H and O–H groups in total. The van der Waals surface area contributed by atoms with Crippen molar-refractivity contribution in [3.63, 3.8) is 0 Å². The molecule has 3 aromatic rings. The van der Waals surface area contributed by atoms with Crippen molar-refractivity contribution >= 4 is 32.7 Å². The zero-order chi connectivity index (χ0) is 24.7. The molecule has 0 aliphatic heterocycles. The van der Waals surface area contributed by atoms with Crippen LogP contribution in [0.2, 0.25) is 0 Å². The molecule has 0 amide bonds. The average Bonchev–Trinajstić information content (AvgIpc) is 3.19. The molecular weight excluding hydrogens is 465 g/mol. The van der Waals surface area contributed by atoms with Crippen LogP contribution in [0.1, 0.15) is 36.5 Å². The summed E-state index contributed by atoms with van der Waals surface area (Å²) in [6.45, 7) is 5.08. The van der Waals surface area contributed by atoms with E-state index in [9.17, 15) is 18.0 Å². The molecule has 0 spiro atoms. The maximum Gasteiger partial charge on any atom is 0.416 e. The fourth-order valence-electron chi connectivity index (χ4n) is 3.54. The summed E-state index contributed by atoms with van der Waals surface area (Å²) in [7, 11) is 0. The van der Waals surface area contributed by atoms with Gasteiger partial charge in [0.1, 0.15) is 5.75 Å². The van der Waals surface area contributed by atoms with Gasteiger partial charge in [0.05, 0.1) is 15.8 Å². The summed E-state index contributed by atoms with van der Waals surface area (Å²) >= 11 is 1.28. The van der Waals surface area contributed by atoms with E-state index in [1.54, 1.807) is 6.07 Å². The van der Waals surface area contributed by atoms with Gasteiger partial charge in [-0.3, -0.25) is 0 Å². The normalized spacial score (nSPS) is 11.9. The number of aliphatic carboxylic acids is 1. The van der Waals surface area contributed by atoms with Gasteiger partial charge in [-0.1, -0.05) is 36.5 Å². The number of fused-ring (bicyclic) bond motifs is 1. The number of nitrogens with zero attached hydrogens (tertiary/aromatic N) is 2. The Hall–Kier alpha value is -3.07. The van der Waals surface area contributed by atoms with Crippen molar-refractivity contribution in [1.82, 2.24) is 4.98 Å². The van der Waals surface area contributed by atoms with E-state index in [1.165, 1.54) is 17.4 Å². The van der Waals surface area contributed by atoms with Crippen molar-refractivity contribution in [3.8, 4) is 5.75 Å². The molecule has 0 aliphatic rings. The average molecular weight is 493 g/mol. The molecule has 9 heteroatoms. The fraction of sp³-hybridized carbons (Fsp3) is 0.360. The van der Waals surface area contributed by atoms with Crippen LogP contribution < -0.4 is 9.64 Å². The summed E-state index contributed by atoms with van der Waals surface area (Å²) in [4.78, 5) is 17.4. The highest BCUT2D eigenvalue weighted by molar-refractivity contribution is 7.22. The number of alkyl halides is 3. The van der Waals surface area contributed by atoms with Gasteiger partial charge in [-0.25, -0.2) is 9.78 Å². The highest BCUT2D eigenvalue weighted by atomic mass is 32.1. The van der Waals surface area contributed by atoms with Crippen LogP contribution in [0.3, 0.4) is 0 Å². The maximum atomic E-state index is 13.0. The van der Waals surface area contributed by atoms with Crippen LogP contribution in [-0.2, 0) is 17.4 Å². The smallest absolute Gasteiger partial charge is 0.416 e. The second-order valence-corrected chi connectivity index (χ2v) is 8.97. The summed E-state index contributed by atoms with van der Waals surface area (Å²) in [6, 6.07) is 9.32. The van der Waals surface area contributed by atoms with Crippen LogP contribution in [0.4, 0.5) is 18.3 Å². The van der Waals surface area contributed by atoms with E-state index in [-0.39, 0.29) is 6.61 Å². The number of rotatable bonds is 11. The molecule has 0 atom stereocenters. The lowest BCUT2D eigenvalue weighted by atomic mass is 10.1. The van der Waals surface area contributed by atoms with Gasteiger partial charge in [-0.05, 0) is 67.6 Å². The Morgan fingerprint density at radius 3 is 2.68 bits per heavy atom. The van der Waals surface area contributed by atoms with Gasteiger partial charge in [-0.15, -0.1) is 0 Å². The Bertz CT molecular complexity index is 1160. The van der Waals surface area contributed by atoms with Crippen LogP contribution >= 0.6 is 11.3 Å². The molecule has 182 valence electrons. The molecule has 0 aliphatic carbocycles. The molecule has 0 saturated heterocycles. The fourth-order valence-corrected chi connectivity index (χ4v) is 4.59. The quantitative estimate of drug-likeness (QED) is 0.310. The van der Waals surface area contributed by atoms with Gasteiger partial charge in [0.15, 0.2) is 11.7 Å². The monoisotopic (exact) mass is 492 g/mol. The first-order valence-electron chi connectivity index (χ1n) is 11.0. The Morgan fingerprint density at radius 2 is 1.97 bits per heavy atom. The lowest BCUT2D eigenvalue weighted by Crippen LogP contribution is -2.24. The Kier molecular flexibility index (Phi) is 8.55. The van der Waals surface area contributed by atoms with E-state index >= 15 is 0 Å². The first-order valence-corrected chi connectivity index (χ1v) is 11.8. The molecule has 0 bridgehead atoms. The third-order valence-corrected chi connectivity index (χ3v) is 6.11. The number of allylic oxidation sites excluding steroid dienone is 1. The molecule has 0 radical (unpaired) electrons. The number of carboxylic acid groups (broad SMARTS) is 1. The van der Waals surface area contributed by atoms with Gasteiger partial charge in [0.25, 0.3) is 0 Å². The van der Waals surface area contributed by atoms with E-state index in [1.807, 2.05) is 25.1 Å². The summed E-state index contributed by atoms with van der Waals surface area (Å²) < 4.78 is 44.8. The van der Waals surface area contributed by atoms with Crippen LogP contribution in [0.25, 0.3) is 10.2 Å². The number of carboxylic acids is 1. The van der Waals surface area contributed by atoms with Crippen LogP contribution in [0, 0.1) is 6.92 Å². The Morgan fingerprint density at radius 1 is 1.18 bits per heavy atom. The Labute approximate surface area is 200 Å². The van der Waals surface area contributed by atoms with Gasteiger partial charge in [0.2, 0.25) is 0 Å². The number of carbonyl (C=O) groups is 1. The van der Waals surface area contributed by atoms with Gasteiger partial charge in [-0.2, -0.15) is 13.2 Å². The largest absolute Gasteiger partial charge is 0.482 e. The lowest BCUT2D eigenvalue weighted by molar-refractivity contribution is -0.139. The number of halogens is 3. The van der Waals surface area contributed by atoms with E-state index in [0.29, 0.717) is 28.9 Å². The van der Waals surface area contributed by atoms with Crippen molar-refractivity contribution in [2.75, 3.05) is 24.6 Å². The number of ether oxygens (including phenoxy) is 1. The van der Waals surface area contributed by atoms with Crippen molar-refractivity contribution < 1.29 is 27.8 Å². The number of anilines is 1. The van der Waals surface area contributed by atoms with Crippen molar-refractivity contribution in [2.45, 2.75) is 39.3 Å². The van der Waals surface area contributed by atoms with Crippen molar-refractivity contribution in [2.24, 2.45) is 0 Å². The van der Waals surface area contributed by atoms with Gasteiger partial charge < -0.3 is 14.7 Å². The van der Waals surface area contributed by atoms with E-state index in [0.717, 1.165) is 47.8 Å². The standard InChI is InChI=1S/C25H27F3N2O3S/c1-3-10-30(24-29-21-9-8-19(25(26,27)28)15-22(21)34-24)11-6-4-5-7-18-12-17(2)13-20(14-18)33-16-23(31)32/h4-5,8-9,12-15H,3,6-7,10-11,16H2,1-2H3,(H,31,32)/b5-4+. The molecule has 0 fully saturated rings. The molecule has 0 unspecified atom stereocenters. The van der Waals surface area contributed by atoms with Crippen LogP contribution in [-0.4, -0.2) is 35.8 Å². The van der Waals surface area contributed by atoms with E-state index < -0.39 is 17.7 Å². The second kappa shape index (κ2) is 11.4. The zero-order valence-corrected chi connectivity index (χ0v) is 19.9. The van der Waals surface area contributed by atoms with Gasteiger partial charge >= 0.3 is 12.1 Å². The maximum absolute atomic E-state index is 13.0. The molecule has 34 heavy (non-hydrogen) atoms. The number of hydrogen-bond donors (Lipinski definition) is 1. The first kappa shape index (κ1) is 25.6. The summed E-state index contributed by atoms with van der Waals surface area (Å²) in [5, 5.41) is 9.50. The number of aryl methyl sites for hydroxylation is 1. The van der Waals surface area contributed by atoms with Crippen LogP contribution in [0.15, 0.2) is 48.6 Å². The predicted molar refractivity (Wildman–Crippen MR) is 129 cm³/mol. The second-order valence-electron chi connectivity index (χ2n) is 7.96. The zero-order valence-electron chi connectivity index (χ0n) is 19.1. The van der Waals surface area contributed by atoms with Gasteiger partial charge in [0, 0.05) is 13.1 Å². The Balaban J connectivity index is 1.61. The summed E-state index contributed by atoms with van der Waals surface area (Å²) in [6.07, 6.45) is 2.09. The van der Waals surface area contributed by atoms with E-state index in [4.69, 9.17) is 9.84 Å². The highest BCUT2D eigenvalue weighted by Gasteiger charge is 2.30. The third kappa shape index (κ3) is 7.21. The minimum atomic E-state index is -4.37. The molecule has 3 rings (SSSR count). The minimum absolute atomic E-state index is 0.380. The molecule has 1 aromatic heterocycles. The first-order chi connectivity index (χ1) is 16.2. The SMILES string of the molecule is CCCN(CC/C=C/Cc1cc(C)cc(OCC(=O)O)c1)c1nc2ccc(C(F)(F)F)cc2s1. The molecule has 5 nitrogen and oxygen atoms in total. The lowest BCUT2D eigenvalue weighted by Gasteiger charge is -2.20. The highest BCUT2D eigenvalue weighted by Crippen LogP contribution is 2.35. The number of aromatic nitrogens is 1. The van der Waals surface area contributed by atoms with E-state index in [2.05, 4.69) is 22.9 Å². The summed E-state index contributed by atoms with van der Waals surface area (Å²) in [5.74, 6) is -0.488. The molecule has 1 heterocycles. The van der Waals surface area contributed by atoms with Crippen LogP contribution in [0.5, 0.6) is 5.75 Å². The number of hydrogen-bond acceptors (Lipinski definition) is 5. The molecule has 2 aromatic carbocycles. The predicted octanol–water partition coefficient (Wildman–Crippen LogP) is 6.49. The molecular formula is C25H27F3N2O3S. The van der Waals surface area contributed by atoms with Crippen molar-refractivity contribution in [3.05, 3.63) is 65.2 Å². The third-order valence-electron chi connectivity index (χ3n) is 5.03. The number of benzene rings is 2. The van der Waals surface area contributed by atoms with Crippen molar-refractivity contribution in [1.29, 1.82) is 0 Å². The minimum Gasteiger partial charge on any atom is -0.482 e. The molecule has 0 saturated carbocycles.